The molecule has 4 atom stereocenters. The Bertz CT molecular complexity index is 849. The van der Waals surface area contributed by atoms with Crippen molar-refractivity contribution in [3.05, 3.63) is 34.6 Å². The number of halogens is 3. The summed E-state index contributed by atoms with van der Waals surface area (Å²) in [6.07, 6.45) is -1.07. The van der Waals surface area contributed by atoms with Crippen LogP contribution in [0.1, 0.15) is 16.8 Å². The molecule has 4 rings (SSSR count). The molecule has 3 fully saturated rings. The molecule has 1 aromatic rings. The second-order valence-electron chi connectivity index (χ2n) is 7.60. The lowest BCUT2D eigenvalue weighted by molar-refractivity contribution is -0.130. The van der Waals surface area contributed by atoms with Crippen LogP contribution in [0, 0.1) is 29.0 Å². The first-order chi connectivity index (χ1) is 13.4. The highest BCUT2D eigenvalue weighted by Gasteiger charge is 2.56. The van der Waals surface area contributed by atoms with Crippen molar-refractivity contribution in [3.63, 3.8) is 0 Å². The van der Waals surface area contributed by atoms with Gasteiger partial charge in [0.1, 0.15) is 18.0 Å². The number of alkyl halides is 1. The number of amides is 2. The van der Waals surface area contributed by atoms with E-state index in [9.17, 15) is 18.4 Å². The Morgan fingerprint density at radius 3 is 2.64 bits per heavy atom. The van der Waals surface area contributed by atoms with Crippen LogP contribution >= 0.6 is 11.6 Å². The molecule has 148 valence electrons. The van der Waals surface area contributed by atoms with Crippen molar-refractivity contribution in [2.75, 3.05) is 26.2 Å². The van der Waals surface area contributed by atoms with Crippen molar-refractivity contribution < 1.29 is 18.4 Å². The number of hydrogen-bond donors (Lipinski definition) is 1. The minimum absolute atomic E-state index is 0.0290. The van der Waals surface area contributed by atoms with Gasteiger partial charge in [-0.1, -0.05) is 11.6 Å². The monoisotopic (exact) mass is 408 g/mol. The number of carbonyl (C=O) groups excluding carboxylic acids is 2. The van der Waals surface area contributed by atoms with E-state index in [0.717, 1.165) is 0 Å². The maximum atomic E-state index is 13.4. The lowest BCUT2D eigenvalue weighted by Gasteiger charge is -2.22. The highest BCUT2D eigenvalue weighted by Crippen LogP contribution is 2.45. The Labute approximate surface area is 166 Å². The summed E-state index contributed by atoms with van der Waals surface area (Å²) in [6.45, 7) is 1.14. The topological polar surface area (TPSA) is 76.4 Å². The van der Waals surface area contributed by atoms with Gasteiger partial charge in [0.2, 0.25) is 5.91 Å². The predicted molar refractivity (Wildman–Crippen MR) is 96.7 cm³/mol. The van der Waals surface area contributed by atoms with E-state index in [1.54, 1.807) is 4.90 Å². The van der Waals surface area contributed by atoms with Gasteiger partial charge in [-0.3, -0.25) is 9.59 Å². The van der Waals surface area contributed by atoms with Crippen molar-refractivity contribution in [1.29, 1.82) is 5.26 Å². The molecule has 1 aromatic carbocycles. The zero-order valence-electron chi connectivity index (χ0n) is 14.9. The van der Waals surface area contributed by atoms with Gasteiger partial charge in [0.15, 0.2) is 0 Å². The maximum Gasteiger partial charge on any atom is 0.253 e. The molecule has 6 nitrogen and oxygen atoms in total. The Kier molecular flexibility index (Phi) is 4.98. The van der Waals surface area contributed by atoms with E-state index in [4.69, 9.17) is 16.9 Å². The molecule has 28 heavy (non-hydrogen) atoms. The SMILES string of the molecule is N#C[C@@H]1C[C@H](F)CN1C(=O)CNC1C2CN(C(=O)c3ccc(F)c(Cl)c3)CC21. The highest BCUT2D eigenvalue weighted by atomic mass is 35.5. The average molecular weight is 409 g/mol. The van der Waals surface area contributed by atoms with Gasteiger partial charge in [-0.25, -0.2) is 8.78 Å². The molecule has 9 heteroatoms. The average Bonchev–Trinajstić information content (AvgIpc) is 3.00. The van der Waals surface area contributed by atoms with Crippen LogP contribution in [0.15, 0.2) is 18.2 Å². The van der Waals surface area contributed by atoms with Gasteiger partial charge in [-0.15, -0.1) is 0 Å². The summed E-state index contributed by atoms with van der Waals surface area (Å²) in [5, 5.41) is 12.1. The van der Waals surface area contributed by atoms with Gasteiger partial charge >= 0.3 is 0 Å². The predicted octanol–water partition coefficient (Wildman–Crippen LogP) is 1.60. The maximum absolute atomic E-state index is 13.4. The summed E-state index contributed by atoms with van der Waals surface area (Å²) in [5.41, 5.74) is 0.352. The number of fused-ring (bicyclic) bond motifs is 1. The van der Waals surface area contributed by atoms with Crippen LogP contribution in [0.2, 0.25) is 5.02 Å². The second-order valence-corrected chi connectivity index (χ2v) is 8.00. The molecule has 0 bridgehead atoms. The van der Waals surface area contributed by atoms with Crippen LogP contribution in [-0.2, 0) is 4.79 Å². The largest absolute Gasteiger partial charge is 0.338 e. The van der Waals surface area contributed by atoms with E-state index in [2.05, 4.69) is 5.32 Å². The number of benzene rings is 1. The Hall–Kier alpha value is -2.24. The van der Waals surface area contributed by atoms with E-state index >= 15 is 0 Å². The molecule has 3 aliphatic rings. The third kappa shape index (κ3) is 3.45. The fraction of sp³-hybridized carbons (Fsp3) is 0.526. The number of carbonyl (C=O) groups is 2. The van der Waals surface area contributed by atoms with Crippen molar-refractivity contribution >= 4 is 23.4 Å². The first kappa shape index (κ1) is 19.1. The summed E-state index contributed by atoms with van der Waals surface area (Å²) in [7, 11) is 0. The van der Waals surface area contributed by atoms with Crippen LogP contribution in [0.5, 0.6) is 0 Å². The number of nitrogens with zero attached hydrogens (tertiary/aromatic N) is 3. The molecule has 1 aliphatic carbocycles. The summed E-state index contributed by atoms with van der Waals surface area (Å²) in [6, 6.07) is 5.33. The van der Waals surface area contributed by atoms with Crippen LogP contribution < -0.4 is 5.32 Å². The smallest absolute Gasteiger partial charge is 0.253 e. The molecular formula is C19H19ClF2N4O2. The molecule has 0 spiro atoms. The van der Waals surface area contributed by atoms with E-state index in [1.165, 1.54) is 23.1 Å². The number of likely N-dealkylation sites (tertiary alicyclic amines) is 2. The number of nitriles is 1. The summed E-state index contributed by atoms with van der Waals surface area (Å²) in [4.78, 5) is 27.8. The third-order valence-corrected chi connectivity index (χ3v) is 6.15. The van der Waals surface area contributed by atoms with Crippen LogP contribution in [-0.4, -0.2) is 66.0 Å². The first-order valence-electron chi connectivity index (χ1n) is 9.20. The van der Waals surface area contributed by atoms with Crippen molar-refractivity contribution in [1.82, 2.24) is 15.1 Å². The van der Waals surface area contributed by atoms with Gasteiger partial charge < -0.3 is 15.1 Å². The number of nitrogens with one attached hydrogen (secondary N) is 1. The lowest BCUT2D eigenvalue weighted by Crippen LogP contribution is -2.43. The number of piperidine rings is 1. The van der Waals surface area contributed by atoms with Gasteiger partial charge in [0, 0.05) is 31.1 Å². The minimum atomic E-state index is -1.14. The van der Waals surface area contributed by atoms with Crippen molar-refractivity contribution in [2.24, 2.45) is 11.8 Å². The van der Waals surface area contributed by atoms with E-state index in [0.29, 0.717) is 18.7 Å². The minimum Gasteiger partial charge on any atom is -0.338 e. The van der Waals surface area contributed by atoms with Gasteiger partial charge in [0.25, 0.3) is 5.91 Å². The summed E-state index contributed by atoms with van der Waals surface area (Å²) >= 11 is 5.74. The molecule has 1 N–H and O–H groups in total. The second kappa shape index (κ2) is 7.30. The number of rotatable bonds is 4. The molecule has 0 aromatic heterocycles. The molecule has 2 unspecified atom stereocenters. The fourth-order valence-electron chi connectivity index (χ4n) is 4.30. The molecule has 0 radical (unpaired) electrons. The van der Waals surface area contributed by atoms with E-state index in [-0.39, 0.29) is 54.2 Å². The highest BCUT2D eigenvalue weighted by molar-refractivity contribution is 6.31. The summed E-state index contributed by atoms with van der Waals surface area (Å²) < 4.78 is 26.7. The van der Waals surface area contributed by atoms with Gasteiger partial charge in [-0.05, 0) is 30.0 Å². The normalized spacial score (nSPS) is 30.9. The van der Waals surface area contributed by atoms with Gasteiger partial charge in [0.05, 0.1) is 24.2 Å². The molecule has 1 saturated carbocycles. The lowest BCUT2D eigenvalue weighted by atomic mass is 10.2. The van der Waals surface area contributed by atoms with Crippen LogP contribution in [0.25, 0.3) is 0 Å². The zero-order valence-corrected chi connectivity index (χ0v) is 15.7. The molecule has 2 amide bonds. The molecular weight excluding hydrogens is 390 g/mol. The quantitative estimate of drug-likeness (QED) is 0.821. The van der Waals surface area contributed by atoms with E-state index in [1.807, 2.05) is 6.07 Å². The fourth-order valence-corrected chi connectivity index (χ4v) is 4.48. The zero-order chi connectivity index (χ0) is 20.0. The molecule has 2 heterocycles. The van der Waals surface area contributed by atoms with Crippen LogP contribution in [0.3, 0.4) is 0 Å². The molecule has 2 saturated heterocycles. The Morgan fingerprint density at radius 1 is 1.29 bits per heavy atom. The summed E-state index contributed by atoms with van der Waals surface area (Å²) in [5.74, 6) is -0.511. The van der Waals surface area contributed by atoms with Crippen molar-refractivity contribution in [2.45, 2.75) is 24.7 Å². The number of hydrogen-bond acceptors (Lipinski definition) is 4. The van der Waals surface area contributed by atoms with Crippen LogP contribution in [0.4, 0.5) is 8.78 Å². The standard InChI is InChI=1S/C19H19ClF2N4O2/c20-15-3-10(1-2-16(15)22)19(28)25-8-13-14(9-25)18(13)24-6-17(27)26-7-11(21)4-12(26)5-23/h1-3,11-14,18,24H,4,6-9H2/t11-,12-,13?,14?,18?/m0/s1. The third-order valence-electron chi connectivity index (χ3n) is 5.86. The first-order valence-corrected chi connectivity index (χ1v) is 9.57. The molecule has 2 aliphatic heterocycles. The van der Waals surface area contributed by atoms with E-state index < -0.39 is 18.0 Å². The van der Waals surface area contributed by atoms with Gasteiger partial charge in [-0.2, -0.15) is 5.26 Å². The van der Waals surface area contributed by atoms with Crippen molar-refractivity contribution in [3.8, 4) is 6.07 Å². The Morgan fingerprint density at radius 2 is 2.00 bits per heavy atom. The Balaban J connectivity index is 1.26.